The van der Waals surface area contributed by atoms with E-state index >= 15 is 0 Å². The first-order chi connectivity index (χ1) is 13.4. The number of carbonyl (C=O) groups is 3. The molecule has 0 radical (unpaired) electrons. The van der Waals surface area contributed by atoms with E-state index in [4.69, 9.17) is 14.2 Å². The lowest BCUT2D eigenvalue weighted by Crippen LogP contribution is -2.35. The van der Waals surface area contributed by atoms with Gasteiger partial charge in [0.05, 0.1) is 23.9 Å². The Bertz CT molecular complexity index is 867. The van der Waals surface area contributed by atoms with Crippen LogP contribution in [0.15, 0.2) is 18.2 Å². The van der Waals surface area contributed by atoms with Gasteiger partial charge in [-0.05, 0) is 24.8 Å². The van der Waals surface area contributed by atoms with Crippen molar-refractivity contribution in [3.05, 3.63) is 28.3 Å². The van der Waals surface area contributed by atoms with E-state index in [1.807, 2.05) is 0 Å². The molecule has 10 heteroatoms. The summed E-state index contributed by atoms with van der Waals surface area (Å²) < 4.78 is 15.4. The van der Waals surface area contributed by atoms with Gasteiger partial charge < -0.3 is 19.5 Å². The maximum atomic E-state index is 12.5. The van der Waals surface area contributed by atoms with Crippen molar-refractivity contribution in [3.63, 3.8) is 0 Å². The third-order valence-electron chi connectivity index (χ3n) is 5.78. The number of nitrogens with zero attached hydrogens (tertiary/aromatic N) is 1. The Morgan fingerprint density at radius 2 is 2.14 bits per heavy atom. The number of hydrogen-bond acceptors (Lipinski definition) is 8. The molecule has 2 aliphatic carbocycles. The van der Waals surface area contributed by atoms with E-state index in [-0.39, 0.29) is 35.3 Å². The second-order valence-corrected chi connectivity index (χ2v) is 7.22. The van der Waals surface area contributed by atoms with E-state index in [0.29, 0.717) is 12.2 Å². The Labute approximate surface area is 159 Å². The lowest BCUT2D eigenvalue weighted by atomic mass is 9.80. The van der Waals surface area contributed by atoms with Crippen LogP contribution in [0.1, 0.15) is 12.8 Å². The van der Waals surface area contributed by atoms with Crippen LogP contribution in [0.4, 0.5) is 11.4 Å². The lowest BCUT2D eigenvalue weighted by Gasteiger charge is -2.22. The number of hydrogen-bond donors (Lipinski definition) is 1. The minimum Gasteiger partial charge on any atom is -0.497 e. The Hall–Kier alpha value is -3.17. The number of nitro benzene ring substituents is 1. The SMILES string of the molecule is COc1ccc([N+](=O)[O-])c(NC(=O)COC(=O)[C@@H]2[C@@H]3C[C@@H]4[C@H]2C(=O)O[C@H]4C3)c1. The Kier molecular flexibility index (Phi) is 4.40. The Balaban J connectivity index is 1.38. The molecule has 2 saturated carbocycles. The molecule has 1 aromatic carbocycles. The standard InChI is InChI=1S/C18H18N2O8/c1-26-9-2-3-12(20(24)25)11(6-9)19-14(21)7-27-17(22)15-8-4-10-13(5-8)28-18(23)16(10)15/h2-3,6,8,10,13,15-16H,4-5,7H2,1H3,(H,19,21)/t8-,10+,13+,15-,16-/m1/s1. The van der Waals surface area contributed by atoms with E-state index in [2.05, 4.69) is 5.32 Å². The fourth-order valence-electron chi connectivity index (χ4n) is 4.65. The molecular weight excluding hydrogens is 372 g/mol. The number of fused-ring (bicyclic) bond motifs is 1. The second-order valence-electron chi connectivity index (χ2n) is 7.22. The van der Waals surface area contributed by atoms with Crippen LogP contribution in [-0.2, 0) is 23.9 Å². The number of nitro groups is 1. The van der Waals surface area contributed by atoms with Crippen molar-refractivity contribution in [2.45, 2.75) is 18.9 Å². The number of carbonyl (C=O) groups excluding carboxylic acids is 3. The van der Waals surface area contributed by atoms with Crippen LogP contribution in [0, 0.1) is 33.8 Å². The Morgan fingerprint density at radius 1 is 1.36 bits per heavy atom. The van der Waals surface area contributed by atoms with Crippen molar-refractivity contribution in [1.29, 1.82) is 0 Å². The molecule has 1 saturated heterocycles. The van der Waals surface area contributed by atoms with Gasteiger partial charge in [0, 0.05) is 18.1 Å². The first-order valence-electron chi connectivity index (χ1n) is 8.88. The number of nitrogens with one attached hydrogen (secondary N) is 1. The number of benzene rings is 1. The minimum atomic E-state index is -0.722. The van der Waals surface area contributed by atoms with E-state index in [0.717, 1.165) is 6.42 Å². The highest BCUT2D eigenvalue weighted by Gasteiger charge is 2.64. The van der Waals surface area contributed by atoms with Gasteiger partial charge in [0.25, 0.3) is 11.6 Å². The molecule has 3 aliphatic rings. The molecule has 4 rings (SSSR count). The normalized spacial score (nSPS) is 29.3. The molecule has 1 aromatic rings. The van der Waals surface area contributed by atoms with Crippen molar-refractivity contribution in [3.8, 4) is 5.75 Å². The number of ether oxygens (including phenoxy) is 3. The predicted molar refractivity (Wildman–Crippen MR) is 92.3 cm³/mol. The van der Waals surface area contributed by atoms with E-state index in [1.165, 1.54) is 25.3 Å². The van der Waals surface area contributed by atoms with Crippen LogP contribution in [0.2, 0.25) is 0 Å². The first-order valence-corrected chi connectivity index (χ1v) is 8.88. The van der Waals surface area contributed by atoms with E-state index in [1.54, 1.807) is 0 Å². The van der Waals surface area contributed by atoms with Crippen molar-refractivity contribution >= 4 is 29.2 Å². The molecule has 1 heterocycles. The summed E-state index contributed by atoms with van der Waals surface area (Å²) in [4.78, 5) is 47.0. The summed E-state index contributed by atoms with van der Waals surface area (Å²) >= 11 is 0. The molecule has 1 amide bonds. The van der Waals surface area contributed by atoms with Crippen LogP contribution >= 0.6 is 0 Å². The number of methoxy groups -OCH3 is 1. The number of rotatable bonds is 6. The molecule has 0 unspecified atom stereocenters. The molecule has 1 N–H and O–H groups in total. The molecule has 5 atom stereocenters. The number of esters is 2. The van der Waals surface area contributed by atoms with Crippen LogP contribution in [0.5, 0.6) is 5.75 Å². The molecule has 1 aliphatic heterocycles. The van der Waals surface area contributed by atoms with Crippen LogP contribution in [0.3, 0.4) is 0 Å². The van der Waals surface area contributed by atoms with Gasteiger partial charge in [0.1, 0.15) is 17.5 Å². The van der Waals surface area contributed by atoms with Gasteiger partial charge in [-0.15, -0.1) is 0 Å². The summed E-state index contributed by atoms with van der Waals surface area (Å²) in [5, 5.41) is 13.5. The third-order valence-corrected chi connectivity index (χ3v) is 5.78. The summed E-state index contributed by atoms with van der Waals surface area (Å²) in [7, 11) is 1.39. The summed E-state index contributed by atoms with van der Waals surface area (Å²) in [6.45, 7) is -0.605. The highest BCUT2D eigenvalue weighted by molar-refractivity contribution is 5.95. The van der Waals surface area contributed by atoms with Crippen LogP contribution < -0.4 is 10.1 Å². The van der Waals surface area contributed by atoms with Gasteiger partial charge in [0.2, 0.25) is 0 Å². The zero-order valence-corrected chi connectivity index (χ0v) is 15.0. The second kappa shape index (κ2) is 6.77. The van der Waals surface area contributed by atoms with Crippen LogP contribution in [-0.4, -0.2) is 42.6 Å². The molecule has 10 nitrogen and oxygen atoms in total. The first kappa shape index (κ1) is 18.2. The summed E-state index contributed by atoms with van der Waals surface area (Å²) in [6.07, 6.45) is 1.31. The molecule has 2 bridgehead atoms. The summed E-state index contributed by atoms with van der Waals surface area (Å²) in [6, 6.07) is 3.91. The van der Waals surface area contributed by atoms with Gasteiger partial charge in [-0.1, -0.05) is 0 Å². The maximum absolute atomic E-state index is 12.5. The highest BCUT2D eigenvalue weighted by atomic mass is 16.6. The van der Waals surface area contributed by atoms with Gasteiger partial charge in [0.15, 0.2) is 6.61 Å². The Morgan fingerprint density at radius 3 is 2.86 bits per heavy atom. The molecule has 148 valence electrons. The van der Waals surface area contributed by atoms with Crippen molar-refractivity contribution in [2.24, 2.45) is 23.7 Å². The van der Waals surface area contributed by atoms with Crippen molar-refractivity contribution in [1.82, 2.24) is 0 Å². The average molecular weight is 390 g/mol. The largest absolute Gasteiger partial charge is 0.497 e. The highest BCUT2D eigenvalue weighted by Crippen LogP contribution is 2.57. The van der Waals surface area contributed by atoms with Gasteiger partial charge in [-0.25, -0.2) is 0 Å². The molecular formula is C18H18N2O8. The predicted octanol–water partition coefficient (Wildman–Crippen LogP) is 1.28. The fraction of sp³-hybridized carbons (Fsp3) is 0.500. The molecule has 28 heavy (non-hydrogen) atoms. The summed E-state index contributed by atoms with van der Waals surface area (Å²) in [5.74, 6) is -2.36. The monoisotopic (exact) mass is 390 g/mol. The van der Waals surface area contributed by atoms with E-state index in [9.17, 15) is 24.5 Å². The zero-order valence-electron chi connectivity index (χ0n) is 15.0. The van der Waals surface area contributed by atoms with Crippen molar-refractivity contribution < 1.29 is 33.5 Å². The lowest BCUT2D eigenvalue weighted by molar-refractivity contribution is -0.383. The van der Waals surface area contributed by atoms with Gasteiger partial charge in [-0.3, -0.25) is 24.5 Å². The van der Waals surface area contributed by atoms with E-state index < -0.39 is 35.2 Å². The molecule has 3 fully saturated rings. The van der Waals surface area contributed by atoms with Gasteiger partial charge >= 0.3 is 11.9 Å². The van der Waals surface area contributed by atoms with Crippen LogP contribution in [0.25, 0.3) is 0 Å². The number of amides is 1. The van der Waals surface area contributed by atoms with Crippen molar-refractivity contribution in [2.75, 3.05) is 19.0 Å². The minimum absolute atomic E-state index is 0.0292. The molecule has 0 spiro atoms. The fourth-order valence-corrected chi connectivity index (χ4v) is 4.65. The molecule has 0 aromatic heterocycles. The average Bonchev–Trinajstić information content (AvgIpc) is 3.28. The quantitative estimate of drug-likeness (QED) is 0.436. The topological polar surface area (TPSA) is 134 Å². The number of anilines is 1. The maximum Gasteiger partial charge on any atom is 0.310 e. The summed E-state index contributed by atoms with van der Waals surface area (Å²) in [5.41, 5.74) is -0.374. The third kappa shape index (κ3) is 2.94. The zero-order chi connectivity index (χ0) is 20.0. The smallest absolute Gasteiger partial charge is 0.310 e. The van der Waals surface area contributed by atoms with Gasteiger partial charge in [-0.2, -0.15) is 0 Å².